The third-order valence-electron chi connectivity index (χ3n) is 4.18. The molecule has 144 valence electrons. The van der Waals surface area contributed by atoms with E-state index in [0.717, 1.165) is 18.8 Å². The quantitative estimate of drug-likeness (QED) is 0.608. The van der Waals surface area contributed by atoms with E-state index in [9.17, 15) is 4.79 Å². The minimum atomic E-state index is -0.432. The van der Waals surface area contributed by atoms with E-state index in [1.807, 2.05) is 30.1 Å². The van der Waals surface area contributed by atoms with Crippen molar-refractivity contribution in [1.82, 2.24) is 15.0 Å². The highest BCUT2D eigenvalue weighted by Crippen LogP contribution is 2.27. The van der Waals surface area contributed by atoms with Gasteiger partial charge in [0.15, 0.2) is 0 Å². The van der Waals surface area contributed by atoms with Crippen LogP contribution in [0.25, 0.3) is 0 Å². The number of halogens is 1. The summed E-state index contributed by atoms with van der Waals surface area (Å²) < 4.78 is 4.75. The molecule has 0 spiro atoms. The van der Waals surface area contributed by atoms with Crippen LogP contribution in [-0.4, -0.2) is 41.6 Å². The topological polar surface area (TPSA) is 80.2 Å². The van der Waals surface area contributed by atoms with E-state index in [1.54, 1.807) is 30.6 Å². The first kappa shape index (κ1) is 19.6. The Labute approximate surface area is 168 Å². The van der Waals surface area contributed by atoms with E-state index in [-0.39, 0.29) is 0 Å². The van der Waals surface area contributed by atoms with Crippen LogP contribution in [0.3, 0.4) is 0 Å². The predicted octanol–water partition coefficient (Wildman–Crippen LogP) is 3.73. The number of esters is 1. The van der Waals surface area contributed by atoms with E-state index >= 15 is 0 Å². The molecule has 0 bridgehead atoms. The van der Waals surface area contributed by atoms with Crippen molar-refractivity contribution in [3.8, 4) is 0 Å². The van der Waals surface area contributed by atoms with Gasteiger partial charge < -0.3 is 15.0 Å². The number of rotatable bonds is 7. The Bertz CT molecular complexity index is 952. The Morgan fingerprint density at radius 1 is 1.18 bits per heavy atom. The minimum absolute atomic E-state index is 0.401. The van der Waals surface area contributed by atoms with Crippen LogP contribution < -0.4 is 10.2 Å². The first-order chi connectivity index (χ1) is 13.6. The molecule has 0 aliphatic rings. The summed E-state index contributed by atoms with van der Waals surface area (Å²) in [5.74, 6) is 0.912. The Morgan fingerprint density at radius 3 is 2.71 bits per heavy atom. The zero-order valence-electron chi connectivity index (χ0n) is 15.6. The lowest BCUT2D eigenvalue weighted by Crippen LogP contribution is -2.21. The van der Waals surface area contributed by atoms with Crippen LogP contribution in [0.4, 0.5) is 17.3 Å². The summed E-state index contributed by atoms with van der Waals surface area (Å²) in [6.07, 6.45) is 5.93. The summed E-state index contributed by atoms with van der Waals surface area (Å²) in [6, 6.07) is 10.7. The van der Waals surface area contributed by atoms with E-state index in [1.165, 1.54) is 19.0 Å². The highest BCUT2D eigenvalue weighted by molar-refractivity contribution is 6.33. The average Bonchev–Trinajstić information content (AvgIpc) is 2.74. The molecule has 0 saturated heterocycles. The normalized spacial score (nSPS) is 10.4. The van der Waals surface area contributed by atoms with Crippen LogP contribution in [0.2, 0.25) is 5.02 Å². The van der Waals surface area contributed by atoms with Gasteiger partial charge in [0.05, 0.1) is 23.4 Å². The summed E-state index contributed by atoms with van der Waals surface area (Å²) in [6.45, 7) is 0.791. The Morgan fingerprint density at radius 2 is 1.96 bits per heavy atom. The molecule has 3 rings (SSSR count). The van der Waals surface area contributed by atoms with Crippen LogP contribution in [0, 0.1) is 0 Å². The fraction of sp³-hybridized carbons (Fsp3) is 0.200. The number of benzene rings is 1. The summed E-state index contributed by atoms with van der Waals surface area (Å²) >= 11 is 6.24. The Balaban J connectivity index is 1.72. The molecule has 0 amide bonds. The second-order valence-corrected chi connectivity index (χ2v) is 6.51. The first-order valence-electron chi connectivity index (χ1n) is 8.64. The van der Waals surface area contributed by atoms with Gasteiger partial charge >= 0.3 is 5.97 Å². The summed E-state index contributed by atoms with van der Waals surface area (Å²) in [7, 11) is 3.31. The molecule has 7 nitrogen and oxygen atoms in total. The maximum atomic E-state index is 11.7. The number of likely N-dealkylation sites (N-methyl/N-ethyl adjacent to an activating group) is 1. The van der Waals surface area contributed by atoms with Crippen molar-refractivity contribution in [2.75, 3.05) is 30.9 Å². The van der Waals surface area contributed by atoms with Crippen molar-refractivity contribution in [2.24, 2.45) is 0 Å². The number of hydrogen-bond donors (Lipinski definition) is 1. The van der Waals surface area contributed by atoms with Crippen LogP contribution in [0.5, 0.6) is 0 Å². The third kappa shape index (κ3) is 4.95. The summed E-state index contributed by atoms with van der Waals surface area (Å²) in [4.78, 5) is 26.4. The van der Waals surface area contributed by atoms with Gasteiger partial charge in [-0.05, 0) is 42.3 Å². The molecule has 28 heavy (non-hydrogen) atoms. The molecule has 0 saturated carbocycles. The Hall–Kier alpha value is -3.19. The third-order valence-corrected chi connectivity index (χ3v) is 4.51. The second-order valence-electron chi connectivity index (χ2n) is 6.10. The molecule has 0 fully saturated rings. The number of anilines is 3. The number of carbonyl (C=O) groups excluding carboxylic acids is 1. The van der Waals surface area contributed by atoms with Gasteiger partial charge in [-0.1, -0.05) is 11.6 Å². The van der Waals surface area contributed by atoms with E-state index in [4.69, 9.17) is 16.3 Å². The van der Waals surface area contributed by atoms with Crippen molar-refractivity contribution in [2.45, 2.75) is 6.42 Å². The summed E-state index contributed by atoms with van der Waals surface area (Å²) in [5, 5.41) is 3.61. The van der Waals surface area contributed by atoms with E-state index < -0.39 is 5.97 Å². The molecule has 2 aromatic heterocycles. The van der Waals surface area contributed by atoms with Gasteiger partial charge in [0.1, 0.15) is 18.0 Å². The van der Waals surface area contributed by atoms with Crippen LogP contribution in [0.15, 0.2) is 55.1 Å². The monoisotopic (exact) mass is 397 g/mol. The lowest BCUT2D eigenvalue weighted by molar-refractivity contribution is 0.0601. The van der Waals surface area contributed by atoms with Gasteiger partial charge in [-0.3, -0.25) is 4.98 Å². The number of nitrogens with zero attached hydrogens (tertiary/aromatic N) is 4. The molecular formula is C20H20ClN5O2. The van der Waals surface area contributed by atoms with Gasteiger partial charge in [-0.2, -0.15) is 0 Å². The highest BCUT2D eigenvalue weighted by Gasteiger charge is 2.11. The highest BCUT2D eigenvalue weighted by atomic mass is 35.5. The standard InChI is InChI=1S/C20H20ClN5O2/c1-26(10-7-14-5-8-22-9-6-14)19-12-18(23-13-24-19)25-17-11-15(20(27)28-2)3-4-16(17)21/h3-6,8-9,11-13H,7,10H2,1-2H3,(H,23,24,25). The molecule has 2 heterocycles. The number of ether oxygens (including phenoxy) is 1. The van der Waals surface area contributed by atoms with Crippen molar-refractivity contribution in [3.05, 3.63) is 71.3 Å². The molecule has 8 heteroatoms. The largest absolute Gasteiger partial charge is 0.465 e. The molecule has 0 unspecified atom stereocenters. The lowest BCUT2D eigenvalue weighted by Gasteiger charge is -2.19. The molecular weight excluding hydrogens is 378 g/mol. The number of carbonyl (C=O) groups is 1. The van der Waals surface area contributed by atoms with E-state index in [0.29, 0.717) is 22.1 Å². The molecule has 0 radical (unpaired) electrons. The molecule has 0 aliphatic heterocycles. The Kier molecular flexibility index (Phi) is 6.39. The average molecular weight is 398 g/mol. The predicted molar refractivity (Wildman–Crippen MR) is 109 cm³/mol. The lowest BCUT2D eigenvalue weighted by atomic mass is 10.2. The van der Waals surface area contributed by atoms with Crippen LogP contribution in [-0.2, 0) is 11.2 Å². The van der Waals surface area contributed by atoms with Crippen molar-refractivity contribution < 1.29 is 9.53 Å². The van der Waals surface area contributed by atoms with Crippen molar-refractivity contribution in [1.29, 1.82) is 0 Å². The van der Waals surface area contributed by atoms with Gasteiger partial charge in [0.2, 0.25) is 0 Å². The second kappa shape index (κ2) is 9.14. The molecule has 0 aliphatic carbocycles. The zero-order valence-corrected chi connectivity index (χ0v) is 16.3. The summed E-state index contributed by atoms with van der Waals surface area (Å²) in [5.41, 5.74) is 2.17. The van der Waals surface area contributed by atoms with E-state index in [2.05, 4.69) is 20.3 Å². The number of methoxy groups -OCH3 is 1. The number of hydrogen-bond acceptors (Lipinski definition) is 7. The molecule has 0 atom stereocenters. The van der Waals surface area contributed by atoms with Crippen molar-refractivity contribution >= 4 is 34.9 Å². The van der Waals surface area contributed by atoms with Gasteiger partial charge in [-0.25, -0.2) is 14.8 Å². The number of aromatic nitrogens is 3. The fourth-order valence-electron chi connectivity index (χ4n) is 2.59. The molecule has 1 N–H and O–H groups in total. The van der Waals surface area contributed by atoms with Gasteiger partial charge in [0.25, 0.3) is 0 Å². The zero-order chi connectivity index (χ0) is 19.9. The SMILES string of the molecule is COC(=O)c1ccc(Cl)c(Nc2cc(N(C)CCc3ccncc3)ncn2)c1. The smallest absolute Gasteiger partial charge is 0.337 e. The first-order valence-corrected chi connectivity index (χ1v) is 9.01. The fourth-order valence-corrected chi connectivity index (χ4v) is 2.75. The number of pyridine rings is 1. The molecule has 3 aromatic rings. The van der Waals surface area contributed by atoms with Crippen molar-refractivity contribution in [3.63, 3.8) is 0 Å². The maximum Gasteiger partial charge on any atom is 0.337 e. The minimum Gasteiger partial charge on any atom is -0.465 e. The number of nitrogens with one attached hydrogen (secondary N) is 1. The van der Waals surface area contributed by atoms with Gasteiger partial charge in [0, 0.05) is 32.1 Å². The maximum absolute atomic E-state index is 11.7. The van der Waals surface area contributed by atoms with Crippen LogP contribution in [0.1, 0.15) is 15.9 Å². The van der Waals surface area contributed by atoms with Gasteiger partial charge in [-0.15, -0.1) is 0 Å². The molecule has 1 aromatic carbocycles. The van der Waals surface area contributed by atoms with Crippen LogP contribution >= 0.6 is 11.6 Å².